The van der Waals surface area contributed by atoms with Gasteiger partial charge in [0.25, 0.3) is 11.5 Å². The number of piperidine rings is 1. The number of carbonyl (C=O) groups is 1. The van der Waals surface area contributed by atoms with Gasteiger partial charge >= 0.3 is 0 Å². The summed E-state index contributed by atoms with van der Waals surface area (Å²) in [4.78, 5) is 33.3. The Kier molecular flexibility index (Phi) is 5.69. The van der Waals surface area contributed by atoms with E-state index in [-0.39, 0.29) is 11.5 Å². The van der Waals surface area contributed by atoms with Gasteiger partial charge in [0.1, 0.15) is 4.88 Å². The summed E-state index contributed by atoms with van der Waals surface area (Å²) in [5.74, 6) is -0.194. The Morgan fingerprint density at radius 1 is 1.24 bits per heavy atom. The average molecular weight is 413 g/mol. The molecule has 0 saturated carbocycles. The number of nitrogens with one attached hydrogen (secondary N) is 1. The van der Waals surface area contributed by atoms with Gasteiger partial charge in [-0.2, -0.15) is 0 Å². The van der Waals surface area contributed by atoms with Crippen molar-refractivity contribution in [3.05, 3.63) is 44.6 Å². The van der Waals surface area contributed by atoms with Crippen LogP contribution < -0.4 is 10.9 Å². The maximum absolute atomic E-state index is 12.7. The molecule has 1 fully saturated rings. The number of hydrogen-bond donors (Lipinski definition) is 1. The van der Waals surface area contributed by atoms with Crippen LogP contribution in [0.5, 0.6) is 0 Å². The summed E-state index contributed by atoms with van der Waals surface area (Å²) in [6.07, 6.45) is 4.76. The van der Waals surface area contributed by atoms with Gasteiger partial charge in [-0.1, -0.05) is 17.8 Å². The molecule has 2 aromatic heterocycles. The van der Waals surface area contributed by atoms with Crippen molar-refractivity contribution in [3.8, 4) is 0 Å². The number of aromatic nitrogens is 2. The molecule has 0 aliphatic carbocycles. The minimum atomic E-state index is -0.211. The molecule has 0 bridgehead atoms. The number of hydrogen-bond acceptors (Lipinski definition) is 5. The molecule has 3 aromatic rings. The van der Waals surface area contributed by atoms with Crippen LogP contribution in [-0.4, -0.2) is 45.9 Å². The lowest BCUT2D eigenvalue weighted by Crippen LogP contribution is -2.39. The summed E-state index contributed by atoms with van der Waals surface area (Å²) in [6.45, 7) is 9.10. The molecule has 4 rings (SSSR count). The van der Waals surface area contributed by atoms with Gasteiger partial charge in [0.05, 0.1) is 11.0 Å². The largest absolute Gasteiger partial charge is 0.351 e. The van der Waals surface area contributed by atoms with Crippen molar-refractivity contribution < 1.29 is 4.79 Å². The van der Waals surface area contributed by atoms with Gasteiger partial charge in [0, 0.05) is 25.2 Å². The highest BCUT2D eigenvalue weighted by molar-refractivity contribution is 7.18. The number of imidazole rings is 1. The summed E-state index contributed by atoms with van der Waals surface area (Å²) in [5.41, 5.74) is 3.63. The van der Waals surface area contributed by atoms with Crippen molar-refractivity contribution >= 4 is 33.2 Å². The van der Waals surface area contributed by atoms with Crippen LogP contribution in [0, 0.1) is 13.8 Å². The van der Waals surface area contributed by atoms with E-state index in [0.717, 1.165) is 41.7 Å². The second-order valence-corrected chi connectivity index (χ2v) is 9.10. The molecule has 1 unspecified atom stereocenters. The topological polar surface area (TPSA) is 66.7 Å². The molecular weight excluding hydrogens is 384 g/mol. The SMILES string of the molecule is Cc1cc2nc3sc(C(=O)NCCCN4CCCCC4C)cc(=O)n3c2cc1C. The second-order valence-electron chi connectivity index (χ2n) is 8.09. The summed E-state index contributed by atoms with van der Waals surface area (Å²) < 4.78 is 1.60. The number of nitrogens with zero attached hydrogens (tertiary/aromatic N) is 3. The fraction of sp³-hybridized carbons (Fsp3) is 0.500. The van der Waals surface area contributed by atoms with Gasteiger partial charge < -0.3 is 10.2 Å². The van der Waals surface area contributed by atoms with Crippen LogP contribution in [0.25, 0.3) is 16.0 Å². The fourth-order valence-electron chi connectivity index (χ4n) is 4.07. The zero-order valence-corrected chi connectivity index (χ0v) is 18.1. The third-order valence-corrected chi connectivity index (χ3v) is 6.97. The van der Waals surface area contributed by atoms with Gasteiger partial charge in [-0.3, -0.25) is 14.0 Å². The van der Waals surface area contributed by atoms with E-state index >= 15 is 0 Å². The van der Waals surface area contributed by atoms with Crippen LogP contribution in [0.15, 0.2) is 23.0 Å². The molecule has 154 valence electrons. The van der Waals surface area contributed by atoms with Crippen molar-refractivity contribution in [1.82, 2.24) is 19.6 Å². The third kappa shape index (κ3) is 4.07. The van der Waals surface area contributed by atoms with E-state index < -0.39 is 0 Å². The van der Waals surface area contributed by atoms with E-state index in [1.807, 2.05) is 26.0 Å². The number of rotatable bonds is 5. The Morgan fingerprint density at radius 3 is 2.83 bits per heavy atom. The van der Waals surface area contributed by atoms with Gasteiger partial charge in [-0.25, -0.2) is 4.98 Å². The minimum Gasteiger partial charge on any atom is -0.351 e. The Bertz CT molecular complexity index is 1120. The van der Waals surface area contributed by atoms with Crippen molar-refractivity contribution in [1.29, 1.82) is 0 Å². The molecule has 1 aliphatic rings. The molecule has 6 nitrogen and oxygen atoms in total. The number of fused-ring (bicyclic) bond motifs is 3. The van der Waals surface area contributed by atoms with E-state index in [1.165, 1.54) is 36.7 Å². The Labute approximate surface area is 174 Å². The molecule has 1 amide bonds. The van der Waals surface area contributed by atoms with Crippen LogP contribution in [0.2, 0.25) is 0 Å². The van der Waals surface area contributed by atoms with Gasteiger partial charge in [-0.05, 0) is 69.8 Å². The molecule has 7 heteroatoms. The van der Waals surface area contributed by atoms with Gasteiger partial charge in [-0.15, -0.1) is 0 Å². The molecule has 1 N–H and O–H groups in total. The molecule has 1 atom stereocenters. The predicted octanol–water partition coefficient (Wildman–Crippen LogP) is 3.52. The van der Waals surface area contributed by atoms with E-state index in [9.17, 15) is 9.59 Å². The maximum Gasteiger partial charge on any atom is 0.261 e. The first-order valence-electron chi connectivity index (χ1n) is 10.4. The zero-order valence-electron chi connectivity index (χ0n) is 17.3. The van der Waals surface area contributed by atoms with Crippen LogP contribution in [0.1, 0.15) is 53.4 Å². The highest BCUT2D eigenvalue weighted by Crippen LogP contribution is 2.22. The number of benzene rings is 1. The van der Waals surface area contributed by atoms with Crippen molar-refractivity contribution in [2.45, 2.75) is 52.5 Å². The second kappa shape index (κ2) is 8.24. The third-order valence-electron chi connectivity index (χ3n) is 5.99. The predicted molar refractivity (Wildman–Crippen MR) is 118 cm³/mol. The normalized spacial score (nSPS) is 17.8. The summed E-state index contributed by atoms with van der Waals surface area (Å²) in [5, 5.41) is 2.97. The number of amides is 1. The van der Waals surface area contributed by atoms with Gasteiger partial charge in [0.15, 0.2) is 4.96 Å². The Morgan fingerprint density at radius 2 is 2.03 bits per heavy atom. The van der Waals surface area contributed by atoms with Crippen LogP contribution in [-0.2, 0) is 0 Å². The number of carbonyl (C=O) groups excluding carboxylic acids is 1. The van der Waals surface area contributed by atoms with E-state index in [2.05, 4.69) is 22.1 Å². The summed E-state index contributed by atoms with van der Waals surface area (Å²) in [7, 11) is 0. The first-order chi connectivity index (χ1) is 13.9. The number of likely N-dealkylation sites (tertiary alicyclic amines) is 1. The fourth-order valence-corrected chi connectivity index (χ4v) is 5.01. The molecule has 1 saturated heterocycles. The molecule has 0 radical (unpaired) electrons. The number of aryl methyl sites for hydroxylation is 2. The lowest BCUT2D eigenvalue weighted by Gasteiger charge is -2.33. The Hall–Kier alpha value is -2.25. The lowest BCUT2D eigenvalue weighted by atomic mass is 10.0. The molecule has 3 heterocycles. The summed E-state index contributed by atoms with van der Waals surface area (Å²) >= 11 is 1.26. The smallest absolute Gasteiger partial charge is 0.261 e. The average Bonchev–Trinajstić information content (AvgIpc) is 3.04. The van der Waals surface area contributed by atoms with Crippen molar-refractivity contribution in [3.63, 3.8) is 0 Å². The van der Waals surface area contributed by atoms with Crippen molar-refractivity contribution in [2.24, 2.45) is 0 Å². The molecule has 0 spiro atoms. The molecule has 1 aromatic carbocycles. The van der Waals surface area contributed by atoms with E-state index in [1.54, 1.807) is 4.40 Å². The van der Waals surface area contributed by atoms with E-state index in [0.29, 0.717) is 22.4 Å². The van der Waals surface area contributed by atoms with Crippen LogP contribution in [0.4, 0.5) is 0 Å². The quantitative estimate of drug-likeness (QED) is 0.651. The molecule has 29 heavy (non-hydrogen) atoms. The zero-order chi connectivity index (χ0) is 20.5. The summed E-state index contributed by atoms with van der Waals surface area (Å²) in [6, 6.07) is 6.04. The van der Waals surface area contributed by atoms with Crippen molar-refractivity contribution in [2.75, 3.05) is 19.6 Å². The minimum absolute atomic E-state index is 0.194. The maximum atomic E-state index is 12.7. The monoisotopic (exact) mass is 412 g/mol. The van der Waals surface area contributed by atoms with Crippen LogP contribution in [0.3, 0.4) is 0 Å². The lowest BCUT2D eigenvalue weighted by molar-refractivity contribution is 0.0952. The van der Waals surface area contributed by atoms with E-state index in [4.69, 9.17) is 0 Å². The standard InChI is InChI=1S/C22H28N4O2S/c1-14-11-17-18(12-15(14)2)26-20(27)13-19(29-22(26)24-17)21(28)23-8-6-10-25-9-5-4-7-16(25)3/h11-13,16H,4-10H2,1-3H3,(H,23,28). The highest BCUT2D eigenvalue weighted by Gasteiger charge is 2.18. The van der Waals surface area contributed by atoms with Gasteiger partial charge in [0.2, 0.25) is 0 Å². The first-order valence-corrected chi connectivity index (χ1v) is 11.2. The molecule has 1 aliphatic heterocycles. The Balaban J connectivity index is 1.46. The van der Waals surface area contributed by atoms with Crippen LogP contribution >= 0.6 is 11.3 Å². The molecular formula is C22H28N4O2S. The highest BCUT2D eigenvalue weighted by atomic mass is 32.1. The first kappa shape index (κ1) is 20.0.